The minimum absolute atomic E-state index is 0.0496. The van der Waals surface area contributed by atoms with E-state index < -0.39 is 0 Å². The third-order valence-corrected chi connectivity index (χ3v) is 4.25. The second kappa shape index (κ2) is 5.01. The zero-order valence-corrected chi connectivity index (χ0v) is 12.1. The third kappa shape index (κ3) is 2.14. The van der Waals surface area contributed by atoms with Crippen LogP contribution < -0.4 is 10.9 Å². The lowest BCUT2D eigenvalue weighted by Gasteiger charge is -2.35. The monoisotopic (exact) mass is 275 g/mol. The molecule has 0 amide bonds. The zero-order chi connectivity index (χ0) is 14.2. The van der Waals surface area contributed by atoms with E-state index in [4.69, 9.17) is 0 Å². The lowest BCUT2D eigenvalue weighted by Crippen LogP contribution is -2.40. The summed E-state index contributed by atoms with van der Waals surface area (Å²) in [7, 11) is 0. The minimum atomic E-state index is -0.0909. The molecule has 2 N–H and O–H groups in total. The fourth-order valence-corrected chi connectivity index (χ4v) is 3.22. The number of rotatable bonds is 3. The van der Waals surface area contributed by atoms with Crippen LogP contribution in [-0.4, -0.2) is 32.7 Å². The van der Waals surface area contributed by atoms with Gasteiger partial charge in [-0.2, -0.15) is 9.50 Å². The van der Waals surface area contributed by atoms with Gasteiger partial charge in [0.05, 0.1) is 0 Å². The van der Waals surface area contributed by atoms with Gasteiger partial charge in [-0.25, -0.2) is 4.98 Å². The van der Waals surface area contributed by atoms with Crippen molar-refractivity contribution >= 4 is 5.78 Å². The number of hydrogen-bond donors (Lipinski definition) is 2. The lowest BCUT2D eigenvalue weighted by molar-refractivity contribution is 0.271. The van der Waals surface area contributed by atoms with E-state index >= 15 is 0 Å². The molecular formula is C14H21N5O. The Morgan fingerprint density at radius 1 is 1.35 bits per heavy atom. The summed E-state index contributed by atoms with van der Waals surface area (Å²) in [6.07, 6.45) is 4.30. The topological polar surface area (TPSA) is 75.1 Å². The van der Waals surface area contributed by atoms with Gasteiger partial charge < -0.3 is 5.32 Å². The number of nitrogens with one attached hydrogen (secondary N) is 2. The first-order valence-corrected chi connectivity index (χ1v) is 7.32. The summed E-state index contributed by atoms with van der Waals surface area (Å²) >= 11 is 0. The Labute approximate surface area is 117 Å². The van der Waals surface area contributed by atoms with Crippen LogP contribution in [0.3, 0.4) is 0 Å². The first-order valence-electron chi connectivity index (χ1n) is 7.32. The number of fused-ring (bicyclic) bond motifs is 1. The number of piperidine rings is 1. The Kier molecular flexibility index (Phi) is 3.33. The van der Waals surface area contributed by atoms with Crippen molar-refractivity contribution in [3.05, 3.63) is 27.9 Å². The van der Waals surface area contributed by atoms with E-state index in [2.05, 4.69) is 27.3 Å². The van der Waals surface area contributed by atoms with E-state index in [0.29, 0.717) is 11.5 Å². The quantitative estimate of drug-likeness (QED) is 0.881. The summed E-state index contributed by atoms with van der Waals surface area (Å²) in [5.41, 5.74) is 0.670. The average Bonchev–Trinajstić information content (AvgIpc) is 2.85. The molecule has 1 aliphatic heterocycles. The fourth-order valence-electron chi connectivity index (χ4n) is 3.22. The van der Waals surface area contributed by atoms with Crippen molar-refractivity contribution in [3.8, 4) is 0 Å². The van der Waals surface area contributed by atoms with Gasteiger partial charge in [0.2, 0.25) is 0 Å². The predicted molar refractivity (Wildman–Crippen MR) is 77.0 cm³/mol. The van der Waals surface area contributed by atoms with Crippen LogP contribution in [-0.2, 0) is 5.41 Å². The molecule has 1 saturated heterocycles. The van der Waals surface area contributed by atoms with Crippen LogP contribution in [0.25, 0.3) is 5.78 Å². The van der Waals surface area contributed by atoms with Gasteiger partial charge in [0.25, 0.3) is 11.3 Å². The number of aromatic amines is 1. The molecule has 0 unspecified atom stereocenters. The SMILES string of the molecule is CCCC1(c2nc3nc(C)cc(=O)n3[nH]2)CCNCC1. The molecule has 0 bridgehead atoms. The van der Waals surface area contributed by atoms with E-state index in [-0.39, 0.29) is 11.0 Å². The van der Waals surface area contributed by atoms with Crippen LogP contribution in [0, 0.1) is 6.92 Å². The molecule has 0 atom stereocenters. The molecule has 6 heteroatoms. The van der Waals surface area contributed by atoms with E-state index in [1.165, 1.54) is 10.6 Å². The molecule has 20 heavy (non-hydrogen) atoms. The largest absolute Gasteiger partial charge is 0.317 e. The highest BCUT2D eigenvalue weighted by atomic mass is 16.1. The number of hydrogen-bond acceptors (Lipinski definition) is 4. The first-order chi connectivity index (χ1) is 9.64. The maximum Gasteiger partial charge on any atom is 0.274 e. The molecule has 0 spiro atoms. The second-order valence-electron chi connectivity index (χ2n) is 5.72. The number of aryl methyl sites for hydroxylation is 1. The molecule has 0 saturated carbocycles. The average molecular weight is 275 g/mol. The highest BCUT2D eigenvalue weighted by Gasteiger charge is 2.36. The summed E-state index contributed by atoms with van der Waals surface area (Å²) in [6, 6.07) is 1.53. The van der Waals surface area contributed by atoms with Crippen LogP contribution in [0.5, 0.6) is 0 Å². The predicted octanol–water partition coefficient (Wildman–Crippen LogP) is 1.15. The van der Waals surface area contributed by atoms with Crippen molar-refractivity contribution in [2.24, 2.45) is 0 Å². The van der Waals surface area contributed by atoms with Crippen LogP contribution in [0.4, 0.5) is 0 Å². The lowest BCUT2D eigenvalue weighted by atomic mass is 9.75. The Balaban J connectivity index is 2.11. The van der Waals surface area contributed by atoms with E-state index in [1.807, 2.05) is 6.92 Å². The van der Waals surface area contributed by atoms with E-state index in [1.54, 1.807) is 0 Å². The first kappa shape index (κ1) is 13.3. The van der Waals surface area contributed by atoms with Gasteiger partial charge in [-0.3, -0.25) is 9.89 Å². The minimum Gasteiger partial charge on any atom is -0.317 e. The maximum absolute atomic E-state index is 12.0. The molecule has 1 aliphatic rings. The smallest absolute Gasteiger partial charge is 0.274 e. The highest BCUT2D eigenvalue weighted by molar-refractivity contribution is 5.30. The van der Waals surface area contributed by atoms with Gasteiger partial charge in [-0.15, -0.1) is 0 Å². The van der Waals surface area contributed by atoms with Crippen molar-refractivity contribution in [2.75, 3.05) is 13.1 Å². The van der Waals surface area contributed by atoms with Gasteiger partial charge in [0.15, 0.2) is 0 Å². The van der Waals surface area contributed by atoms with Gasteiger partial charge in [-0.05, 0) is 39.3 Å². The fraction of sp³-hybridized carbons (Fsp3) is 0.643. The Hall–Kier alpha value is -1.69. The molecule has 0 aliphatic carbocycles. The number of H-pyrrole nitrogens is 1. The summed E-state index contributed by atoms with van der Waals surface area (Å²) < 4.78 is 1.46. The van der Waals surface area contributed by atoms with Gasteiger partial charge in [0.1, 0.15) is 5.82 Å². The normalized spacial score (nSPS) is 18.5. The van der Waals surface area contributed by atoms with Crippen molar-refractivity contribution in [1.29, 1.82) is 0 Å². The Morgan fingerprint density at radius 2 is 2.10 bits per heavy atom. The molecule has 0 radical (unpaired) electrons. The summed E-state index contributed by atoms with van der Waals surface area (Å²) in [5, 5.41) is 6.59. The van der Waals surface area contributed by atoms with E-state index in [9.17, 15) is 4.79 Å². The molecular weight excluding hydrogens is 254 g/mol. The number of nitrogens with zero attached hydrogens (tertiary/aromatic N) is 3. The summed E-state index contributed by atoms with van der Waals surface area (Å²) in [4.78, 5) is 21.0. The van der Waals surface area contributed by atoms with Crippen molar-refractivity contribution < 1.29 is 0 Å². The molecule has 2 aromatic rings. The molecule has 1 fully saturated rings. The van der Waals surface area contributed by atoms with Crippen LogP contribution in [0.1, 0.15) is 44.1 Å². The highest BCUT2D eigenvalue weighted by Crippen LogP contribution is 2.35. The Morgan fingerprint density at radius 3 is 2.80 bits per heavy atom. The third-order valence-electron chi connectivity index (χ3n) is 4.25. The van der Waals surface area contributed by atoms with Gasteiger partial charge in [0, 0.05) is 17.2 Å². The summed E-state index contributed by atoms with van der Waals surface area (Å²) in [6.45, 7) is 6.01. The zero-order valence-electron chi connectivity index (χ0n) is 12.1. The van der Waals surface area contributed by atoms with Gasteiger partial charge >= 0.3 is 0 Å². The molecule has 2 aromatic heterocycles. The van der Waals surface area contributed by atoms with Crippen molar-refractivity contribution in [2.45, 2.75) is 44.9 Å². The van der Waals surface area contributed by atoms with Crippen molar-refractivity contribution in [3.63, 3.8) is 0 Å². The Bertz CT molecular complexity index is 660. The molecule has 108 valence electrons. The molecule has 6 nitrogen and oxygen atoms in total. The molecule has 0 aromatic carbocycles. The van der Waals surface area contributed by atoms with E-state index in [0.717, 1.165) is 44.6 Å². The second-order valence-corrected chi connectivity index (χ2v) is 5.72. The number of aromatic nitrogens is 4. The maximum atomic E-state index is 12.0. The van der Waals surface area contributed by atoms with Crippen molar-refractivity contribution in [1.82, 2.24) is 24.9 Å². The van der Waals surface area contributed by atoms with Crippen LogP contribution in [0.2, 0.25) is 0 Å². The standard InChI is InChI=1S/C14H21N5O/c1-3-4-14(5-7-15-8-6-14)12-17-13-16-10(2)9-11(20)19(13)18-12/h9,15H,3-8H2,1-2H3,(H,16,17,18). The summed E-state index contributed by atoms with van der Waals surface area (Å²) in [5.74, 6) is 1.40. The van der Waals surface area contributed by atoms with Gasteiger partial charge in [-0.1, -0.05) is 13.3 Å². The molecule has 3 heterocycles. The molecule has 3 rings (SSSR count). The van der Waals surface area contributed by atoms with Crippen LogP contribution >= 0.6 is 0 Å². The van der Waals surface area contributed by atoms with Crippen LogP contribution in [0.15, 0.2) is 10.9 Å².